The van der Waals surface area contributed by atoms with Crippen LogP contribution in [0.25, 0.3) is 0 Å². The molecule has 0 fully saturated rings. The molecule has 0 bridgehead atoms. The van der Waals surface area contributed by atoms with Crippen LogP contribution >= 0.6 is 0 Å². The van der Waals surface area contributed by atoms with Gasteiger partial charge in [-0.1, -0.05) is 44.2 Å². The first-order valence-corrected chi connectivity index (χ1v) is 4.78. The summed E-state index contributed by atoms with van der Waals surface area (Å²) in [5, 5.41) is 0. The van der Waals surface area contributed by atoms with Gasteiger partial charge in [0.2, 0.25) is 0 Å². The predicted octanol–water partition coefficient (Wildman–Crippen LogP) is 3.43. The normalized spacial score (nSPS) is 13.0. The topological polar surface area (TPSA) is 17.1 Å². The average molecular weight is 178 g/mol. The molecule has 0 atom stereocenters. The van der Waals surface area contributed by atoms with Gasteiger partial charge in [-0.2, -0.15) is 0 Å². The zero-order valence-corrected chi connectivity index (χ0v) is 8.71. The molecule has 0 N–H and O–H groups in total. The van der Waals surface area contributed by atoms with Gasteiger partial charge in [0.25, 0.3) is 0 Å². The zero-order chi connectivity index (χ0) is 10.1. The second-order valence-electron chi connectivity index (χ2n) is 2.74. The Kier molecular flexibility index (Phi) is 6.89. The Bertz CT molecular complexity index is 232. The molecule has 0 aromatic rings. The van der Waals surface area contributed by atoms with E-state index in [0.717, 1.165) is 12.0 Å². The minimum Gasteiger partial charge on any atom is -0.294 e. The molecule has 0 amide bonds. The molecule has 0 heterocycles. The van der Waals surface area contributed by atoms with Crippen molar-refractivity contribution < 1.29 is 4.79 Å². The summed E-state index contributed by atoms with van der Waals surface area (Å²) in [5.41, 5.74) is 0.787. The molecule has 0 aliphatic heterocycles. The van der Waals surface area contributed by atoms with Crippen molar-refractivity contribution in [1.82, 2.24) is 0 Å². The van der Waals surface area contributed by atoms with Crippen molar-refractivity contribution in [2.24, 2.45) is 0 Å². The van der Waals surface area contributed by atoms with Crippen molar-refractivity contribution in [2.45, 2.75) is 33.6 Å². The fraction of sp³-hybridized carbons (Fsp3) is 0.417. The van der Waals surface area contributed by atoms with E-state index >= 15 is 0 Å². The predicted molar refractivity (Wildman–Crippen MR) is 57.6 cm³/mol. The van der Waals surface area contributed by atoms with Crippen LogP contribution in [0.15, 0.2) is 36.0 Å². The second kappa shape index (κ2) is 7.53. The zero-order valence-electron chi connectivity index (χ0n) is 8.71. The molecule has 0 saturated carbocycles. The minimum atomic E-state index is 0.193. The summed E-state index contributed by atoms with van der Waals surface area (Å²) in [7, 11) is 0. The van der Waals surface area contributed by atoms with Gasteiger partial charge in [-0.3, -0.25) is 4.79 Å². The van der Waals surface area contributed by atoms with Crippen LogP contribution < -0.4 is 0 Å². The molecule has 1 heteroatoms. The number of hydrogen-bond acceptors (Lipinski definition) is 1. The van der Waals surface area contributed by atoms with Crippen LogP contribution in [-0.2, 0) is 4.79 Å². The first-order valence-electron chi connectivity index (χ1n) is 4.78. The van der Waals surface area contributed by atoms with Crippen molar-refractivity contribution in [3.8, 4) is 0 Å². The molecule has 0 aromatic heterocycles. The highest BCUT2D eigenvalue weighted by atomic mass is 16.1. The van der Waals surface area contributed by atoms with E-state index in [1.807, 2.05) is 44.2 Å². The molecule has 0 aromatic carbocycles. The number of rotatable bonds is 5. The van der Waals surface area contributed by atoms with Gasteiger partial charge in [0.15, 0.2) is 5.78 Å². The lowest BCUT2D eigenvalue weighted by Gasteiger charge is -1.95. The average Bonchev–Trinajstić information content (AvgIpc) is 2.16. The Balaban J connectivity index is 4.49. The molecule has 0 aliphatic rings. The van der Waals surface area contributed by atoms with Gasteiger partial charge < -0.3 is 0 Å². The van der Waals surface area contributed by atoms with Crippen LogP contribution in [0, 0.1) is 0 Å². The van der Waals surface area contributed by atoms with Gasteiger partial charge in [-0.15, -0.1) is 0 Å². The Hall–Kier alpha value is -1.11. The maximum absolute atomic E-state index is 11.3. The molecule has 0 aliphatic carbocycles. The number of carbonyl (C=O) groups is 1. The first kappa shape index (κ1) is 11.9. The molecule has 0 radical (unpaired) electrons. The van der Waals surface area contributed by atoms with E-state index in [1.165, 1.54) is 0 Å². The molecule has 0 spiro atoms. The van der Waals surface area contributed by atoms with E-state index in [4.69, 9.17) is 0 Å². The lowest BCUT2D eigenvalue weighted by molar-refractivity contribution is -0.114. The fourth-order valence-corrected chi connectivity index (χ4v) is 0.933. The number of allylic oxidation sites excluding steroid dienone is 6. The summed E-state index contributed by atoms with van der Waals surface area (Å²) in [6.45, 7) is 5.87. The summed E-state index contributed by atoms with van der Waals surface area (Å²) in [6.07, 6.45) is 11.1. The molecule has 0 unspecified atom stereocenters. The molecular formula is C12H18O. The van der Waals surface area contributed by atoms with Gasteiger partial charge in [0.05, 0.1) is 0 Å². The standard InChI is InChI=1S/C12H18O/c1-4-7-8-10-11(9-5-2)12(13)6-3/h5,7-10H,4,6H2,1-3H3/b8-7+,9-5-,11-10+. The number of carbonyl (C=O) groups excluding carboxylic acids is 1. The van der Waals surface area contributed by atoms with E-state index in [-0.39, 0.29) is 5.78 Å². The number of ketones is 1. The fourth-order valence-electron chi connectivity index (χ4n) is 0.933. The van der Waals surface area contributed by atoms with Crippen molar-refractivity contribution in [2.75, 3.05) is 0 Å². The van der Waals surface area contributed by atoms with Crippen LogP contribution in [0.4, 0.5) is 0 Å². The largest absolute Gasteiger partial charge is 0.294 e. The SMILES string of the molecule is C\C=C/C(=C\C=C\CC)C(=O)CC. The third-order valence-corrected chi connectivity index (χ3v) is 1.64. The monoisotopic (exact) mass is 178 g/mol. The first-order chi connectivity index (χ1) is 6.26. The van der Waals surface area contributed by atoms with Crippen LogP contribution in [0.2, 0.25) is 0 Å². The maximum atomic E-state index is 11.3. The van der Waals surface area contributed by atoms with Crippen LogP contribution in [0.1, 0.15) is 33.6 Å². The van der Waals surface area contributed by atoms with Gasteiger partial charge in [-0.05, 0) is 13.3 Å². The van der Waals surface area contributed by atoms with E-state index in [0.29, 0.717) is 6.42 Å². The Morgan fingerprint density at radius 3 is 2.46 bits per heavy atom. The number of hydrogen-bond donors (Lipinski definition) is 0. The quantitative estimate of drug-likeness (QED) is 0.465. The summed E-state index contributed by atoms with van der Waals surface area (Å²) in [6, 6.07) is 0. The molecule has 72 valence electrons. The van der Waals surface area contributed by atoms with Crippen molar-refractivity contribution in [1.29, 1.82) is 0 Å². The Morgan fingerprint density at radius 2 is 2.00 bits per heavy atom. The Labute approximate surface area is 80.8 Å². The third kappa shape index (κ3) is 5.18. The minimum absolute atomic E-state index is 0.193. The van der Waals surface area contributed by atoms with Gasteiger partial charge in [-0.25, -0.2) is 0 Å². The molecule has 0 rings (SSSR count). The van der Waals surface area contributed by atoms with Crippen molar-refractivity contribution >= 4 is 5.78 Å². The highest BCUT2D eigenvalue weighted by molar-refractivity contribution is 5.97. The summed E-state index contributed by atoms with van der Waals surface area (Å²) >= 11 is 0. The summed E-state index contributed by atoms with van der Waals surface area (Å²) < 4.78 is 0. The molecular weight excluding hydrogens is 160 g/mol. The van der Waals surface area contributed by atoms with Gasteiger partial charge in [0.1, 0.15) is 0 Å². The molecule has 1 nitrogen and oxygen atoms in total. The molecule has 13 heavy (non-hydrogen) atoms. The van der Waals surface area contributed by atoms with E-state index < -0.39 is 0 Å². The third-order valence-electron chi connectivity index (χ3n) is 1.64. The van der Waals surface area contributed by atoms with Crippen LogP contribution in [-0.4, -0.2) is 5.78 Å². The number of Topliss-reactive ketones (excluding diaryl/α,β-unsaturated/α-hetero) is 1. The summed E-state index contributed by atoms with van der Waals surface area (Å²) in [4.78, 5) is 11.3. The summed E-state index contributed by atoms with van der Waals surface area (Å²) in [5.74, 6) is 0.193. The highest BCUT2D eigenvalue weighted by Gasteiger charge is 2.00. The second-order valence-corrected chi connectivity index (χ2v) is 2.74. The lowest BCUT2D eigenvalue weighted by atomic mass is 10.1. The van der Waals surface area contributed by atoms with Crippen LogP contribution in [0.3, 0.4) is 0 Å². The Morgan fingerprint density at radius 1 is 1.31 bits per heavy atom. The lowest BCUT2D eigenvalue weighted by Crippen LogP contribution is -1.96. The van der Waals surface area contributed by atoms with E-state index in [9.17, 15) is 4.79 Å². The smallest absolute Gasteiger partial charge is 0.162 e. The van der Waals surface area contributed by atoms with Crippen molar-refractivity contribution in [3.63, 3.8) is 0 Å². The van der Waals surface area contributed by atoms with E-state index in [2.05, 4.69) is 6.92 Å². The van der Waals surface area contributed by atoms with Crippen LogP contribution in [0.5, 0.6) is 0 Å². The maximum Gasteiger partial charge on any atom is 0.162 e. The van der Waals surface area contributed by atoms with Gasteiger partial charge >= 0.3 is 0 Å². The van der Waals surface area contributed by atoms with Gasteiger partial charge in [0, 0.05) is 12.0 Å². The van der Waals surface area contributed by atoms with E-state index in [1.54, 1.807) is 0 Å². The highest BCUT2D eigenvalue weighted by Crippen LogP contribution is 2.02. The van der Waals surface area contributed by atoms with Crippen molar-refractivity contribution in [3.05, 3.63) is 36.0 Å². The molecule has 0 saturated heterocycles.